The van der Waals surface area contributed by atoms with Gasteiger partial charge in [-0.2, -0.15) is 0 Å². The van der Waals surface area contributed by atoms with Gasteiger partial charge in [0, 0.05) is 16.3 Å². The fourth-order valence-electron chi connectivity index (χ4n) is 7.75. The second-order valence-electron chi connectivity index (χ2n) is 12.1. The number of rotatable bonds is 3. The minimum absolute atomic E-state index is 0.644. The van der Waals surface area contributed by atoms with Gasteiger partial charge < -0.3 is 4.74 Å². The Hall–Kier alpha value is -6.00. The predicted octanol–water partition coefficient (Wildman–Crippen LogP) is 10.3. The van der Waals surface area contributed by atoms with Crippen LogP contribution in [0.3, 0.4) is 0 Å². The topological polar surface area (TPSA) is 39.9 Å². The molecule has 0 N–H and O–H groups in total. The number of hydrogen-bond acceptors (Lipinski definition) is 3. The average Bonchev–Trinajstić information content (AvgIpc) is 3.47. The minimum Gasteiger partial charge on any atom is -0.456 e. The van der Waals surface area contributed by atoms with E-state index < -0.39 is 0 Å². The molecule has 0 atom stereocenters. The van der Waals surface area contributed by atoms with Crippen LogP contribution < -0.4 is 4.74 Å². The summed E-state index contributed by atoms with van der Waals surface area (Å²) in [6.07, 6.45) is 8.42. The largest absolute Gasteiger partial charge is 0.456 e. The second-order valence-corrected chi connectivity index (χ2v) is 12.1. The number of ether oxygens (including phenoxy) is 1. The van der Waals surface area contributed by atoms with Crippen molar-refractivity contribution in [2.24, 2.45) is 0 Å². The Bertz CT molecular complexity index is 2680. The maximum Gasteiger partial charge on any atom is 0.235 e. The zero-order valence-electron chi connectivity index (χ0n) is 25.0. The molecule has 2 aromatic heterocycles. The van der Waals surface area contributed by atoms with E-state index in [4.69, 9.17) is 14.7 Å². The normalized spacial score (nSPS) is 14.0. The molecular weight excluding hydrogens is 562 g/mol. The lowest BCUT2D eigenvalue weighted by Crippen LogP contribution is -2.12. The molecule has 0 fully saturated rings. The highest BCUT2D eigenvalue weighted by atomic mass is 16.5. The van der Waals surface area contributed by atoms with E-state index in [9.17, 15) is 0 Å². The van der Waals surface area contributed by atoms with Gasteiger partial charge in [-0.15, -0.1) is 0 Å². The molecule has 4 heteroatoms. The van der Waals surface area contributed by atoms with Crippen LogP contribution >= 0.6 is 0 Å². The molecule has 8 aromatic rings. The number of aromatic nitrogens is 3. The van der Waals surface area contributed by atoms with E-state index in [0.29, 0.717) is 11.7 Å². The maximum absolute atomic E-state index is 6.41. The number of aryl methyl sites for hydroxylation is 1. The van der Waals surface area contributed by atoms with Crippen LogP contribution in [-0.2, 0) is 6.42 Å². The fourth-order valence-corrected chi connectivity index (χ4v) is 7.75. The molecule has 4 nitrogen and oxygen atoms in total. The Kier molecular flexibility index (Phi) is 5.23. The Balaban J connectivity index is 1.39. The SMILES string of the molecule is C=CC1=C(c2ccccc2)c2nc(-n3c4ccccc4c4c5ccc6ccccc6c5c5c(c43)C=CCC5)nc3cccc(c23)O1. The third-order valence-corrected chi connectivity index (χ3v) is 9.62. The van der Waals surface area contributed by atoms with Crippen molar-refractivity contribution in [2.75, 3.05) is 0 Å². The molecule has 10 rings (SSSR count). The van der Waals surface area contributed by atoms with E-state index in [0.717, 1.165) is 57.4 Å². The number of nitrogens with zero attached hydrogens (tertiary/aromatic N) is 3. The Labute approximate surface area is 265 Å². The molecule has 0 unspecified atom stereocenters. The number of hydrogen-bond donors (Lipinski definition) is 0. The molecule has 0 saturated carbocycles. The Morgan fingerprint density at radius 1 is 0.717 bits per heavy atom. The summed E-state index contributed by atoms with van der Waals surface area (Å²) in [5.41, 5.74) is 8.52. The summed E-state index contributed by atoms with van der Waals surface area (Å²) < 4.78 is 8.71. The van der Waals surface area contributed by atoms with Crippen LogP contribution in [0.2, 0.25) is 0 Å². The van der Waals surface area contributed by atoms with E-state index in [1.54, 1.807) is 6.08 Å². The van der Waals surface area contributed by atoms with E-state index >= 15 is 0 Å². The zero-order chi connectivity index (χ0) is 30.4. The first-order valence-corrected chi connectivity index (χ1v) is 15.8. The average molecular weight is 590 g/mol. The summed E-state index contributed by atoms with van der Waals surface area (Å²) in [6.45, 7) is 4.11. The Morgan fingerprint density at radius 3 is 2.43 bits per heavy atom. The highest BCUT2D eigenvalue weighted by Crippen LogP contribution is 2.46. The van der Waals surface area contributed by atoms with Gasteiger partial charge in [0.25, 0.3) is 0 Å². The minimum atomic E-state index is 0.644. The van der Waals surface area contributed by atoms with Gasteiger partial charge >= 0.3 is 0 Å². The first-order chi connectivity index (χ1) is 22.8. The third-order valence-electron chi connectivity index (χ3n) is 9.62. The highest BCUT2D eigenvalue weighted by molar-refractivity contribution is 6.28. The number of fused-ring (bicyclic) bond motifs is 10. The van der Waals surface area contributed by atoms with Crippen molar-refractivity contribution in [1.29, 1.82) is 0 Å². The summed E-state index contributed by atoms with van der Waals surface area (Å²) in [4.78, 5) is 10.7. The number of benzene rings is 6. The first kappa shape index (κ1) is 25.3. The first-order valence-electron chi connectivity index (χ1n) is 15.8. The lowest BCUT2D eigenvalue weighted by Gasteiger charge is -2.23. The van der Waals surface area contributed by atoms with Gasteiger partial charge in [0.15, 0.2) is 0 Å². The van der Waals surface area contributed by atoms with Crippen LogP contribution in [0.5, 0.6) is 5.75 Å². The standard InChI is InChI=1S/C42H27N3O/c1-2-34-36(26-14-4-3-5-15-26)40-39-32(20-12-22-35(39)46-34)43-42(44-40)45-33-21-11-10-19-30(33)38-31-24-23-25-13-6-7-16-27(25)37(31)28-17-8-9-18-29(28)41(38)45/h2-7,9-16,18-24H,1,8,17H2. The molecule has 0 bridgehead atoms. The van der Waals surface area contributed by atoms with Crippen LogP contribution in [-0.4, -0.2) is 14.5 Å². The molecular formula is C42H27N3O. The van der Waals surface area contributed by atoms with Gasteiger partial charge in [-0.25, -0.2) is 9.97 Å². The lowest BCUT2D eigenvalue weighted by molar-refractivity contribution is 0.448. The summed E-state index contributed by atoms with van der Waals surface area (Å²) in [7, 11) is 0. The Morgan fingerprint density at radius 2 is 1.54 bits per heavy atom. The van der Waals surface area contributed by atoms with Crippen molar-refractivity contribution in [3.05, 3.63) is 156 Å². The van der Waals surface area contributed by atoms with Crippen molar-refractivity contribution >= 4 is 65.9 Å². The van der Waals surface area contributed by atoms with Crippen LogP contribution in [0.25, 0.3) is 71.9 Å². The van der Waals surface area contributed by atoms with E-state index in [2.05, 4.69) is 102 Å². The van der Waals surface area contributed by atoms with Crippen molar-refractivity contribution in [1.82, 2.24) is 14.5 Å². The zero-order valence-corrected chi connectivity index (χ0v) is 25.0. The quantitative estimate of drug-likeness (QED) is 0.193. The number of para-hydroxylation sites is 1. The molecule has 0 saturated heterocycles. The third kappa shape index (κ3) is 3.38. The molecule has 0 amide bonds. The molecule has 46 heavy (non-hydrogen) atoms. The summed E-state index contributed by atoms with van der Waals surface area (Å²) in [5, 5.41) is 8.54. The maximum atomic E-state index is 6.41. The molecule has 3 heterocycles. The molecule has 6 aromatic carbocycles. The van der Waals surface area contributed by atoms with Gasteiger partial charge in [0.2, 0.25) is 5.95 Å². The summed E-state index contributed by atoms with van der Waals surface area (Å²) >= 11 is 0. The van der Waals surface area contributed by atoms with E-state index in [1.807, 2.05) is 30.3 Å². The molecule has 1 aliphatic heterocycles. The predicted molar refractivity (Wildman–Crippen MR) is 190 cm³/mol. The smallest absolute Gasteiger partial charge is 0.235 e. The van der Waals surface area contributed by atoms with Crippen LogP contribution in [0, 0.1) is 0 Å². The molecule has 0 spiro atoms. The molecule has 2 aliphatic rings. The monoisotopic (exact) mass is 589 g/mol. The highest BCUT2D eigenvalue weighted by Gasteiger charge is 2.28. The van der Waals surface area contributed by atoms with Crippen LogP contribution in [0.4, 0.5) is 0 Å². The number of allylic oxidation sites excluding steroid dienone is 2. The van der Waals surface area contributed by atoms with Gasteiger partial charge in [-0.05, 0) is 69.8 Å². The molecule has 216 valence electrons. The lowest BCUT2D eigenvalue weighted by atomic mass is 9.86. The van der Waals surface area contributed by atoms with Crippen molar-refractivity contribution < 1.29 is 4.74 Å². The summed E-state index contributed by atoms with van der Waals surface area (Å²) in [6, 6.07) is 38.4. The molecule has 0 radical (unpaired) electrons. The van der Waals surface area contributed by atoms with Gasteiger partial charge in [0.1, 0.15) is 11.5 Å². The van der Waals surface area contributed by atoms with Crippen LogP contribution in [0.1, 0.15) is 28.8 Å². The van der Waals surface area contributed by atoms with Gasteiger partial charge in [-0.1, -0.05) is 110 Å². The van der Waals surface area contributed by atoms with Crippen molar-refractivity contribution in [2.45, 2.75) is 12.8 Å². The van der Waals surface area contributed by atoms with E-state index in [-0.39, 0.29) is 0 Å². The summed E-state index contributed by atoms with van der Waals surface area (Å²) in [5.74, 6) is 2.08. The van der Waals surface area contributed by atoms with Crippen molar-refractivity contribution in [3.8, 4) is 11.7 Å². The second kappa shape index (κ2) is 9.50. The van der Waals surface area contributed by atoms with Gasteiger partial charge in [0.05, 0.1) is 33.2 Å². The molecule has 1 aliphatic carbocycles. The van der Waals surface area contributed by atoms with Gasteiger partial charge in [-0.3, -0.25) is 4.57 Å². The van der Waals surface area contributed by atoms with Crippen molar-refractivity contribution in [3.63, 3.8) is 0 Å². The van der Waals surface area contributed by atoms with E-state index in [1.165, 1.54) is 43.4 Å². The van der Waals surface area contributed by atoms with Crippen LogP contribution in [0.15, 0.2) is 134 Å². The fraction of sp³-hybridized carbons (Fsp3) is 0.0476.